The third kappa shape index (κ3) is 4.95. The Morgan fingerprint density at radius 1 is 1.03 bits per heavy atom. The Bertz CT molecular complexity index is 1230. The number of carbonyl (C=O) groups is 2. The molecule has 0 saturated carbocycles. The average Bonchev–Trinajstić information content (AvgIpc) is 2.91. The summed E-state index contributed by atoms with van der Waals surface area (Å²) in [7, 11) is 0. The maximum Gasteiger partial charge on any atom is 0.272 e. The molecular formula is C26H23Cl2N3O2. The van der Waals surface area contributed by atoms with Gasteiger partial charge < -0.3 is 10.2 Å². The fraction of sp³-hybridized carbons (Fsp3) is 0.192. The van der Waals surface area contributed by atoms with Crippen LogP contribution in [0.4, 0.5) is 5.69 Å². The van der Waals surface area contributed by atoms with Crippen molar-refractivity contribution in [3.63, 3.8) is 0 Å². The lowest BCUT2D eigenvalue weighted by Crippen LogP contribution is -2.50. The molecule has 1 atom stereocenters. The van der Waals surface area contributed by atoms with Gasteiger partial charge in [-0.1, -0.05) is 77.8 Å². The van der Waals surface area contributed by atoms with Crippen LogP contribution in [0.25, 0.3) is 0 Å². The van der Waals surface area contributed by atoms with Crippen LogP contribution in [0.2, 0.25) is 10.0 Å². The molecule has 1 N–H and O–H groups in total. The molecule has 1 aliphatic rings. The van der Waals surface area contributed by atoms with Crippen molar-refractivity contribution in [3.8, 4) is 0 Å². The number of aliphatic imine (C=N–C) groups is 1. The minimum absolute atomic E-state index is 0.00456. The normalized spacial score (nSPS) is 15.7. The first-order valence-corrected chi connectivity index (χ1v) is 11.4. The lowest BCUT2D eigenvalue weighted by molar-refractivity contribution is -0.127. The fourth-order valence-electron chi connectivity index (χ4n) is 3.88. The van der Waals surface area contributed by atoms with Gasteiger partial charge in [0.05, 0.1) is 17.8 Å². The van der Waals surface area contributed by atoms with Gasteiger partial charge >= 0.3 is 0 Å². The molecule has 2 amide bonds. The molecule has 4 rings (SSSR count). The van der Waals surface area contributed by atoms with Crippen LogP contribution >= 0.6 is 23.2 Å². The number of fused-ring (bicyclic) bond motifs is 1. The number of halogens is 2. The Balaban J connectivity index is 1.73. The van der Waals surface area contributed by atoms with Crippen LogP contribution in [0.1, 0.15) is 30.5 Å². The monoisotopic (exact) mass is 479 g/mol. The molecule has 1 unspecified atom stereocenters. The zero-order chi connectivity index (χ0) is 23.5. The van der Waals surface area contributed by atoms with Crippen molar-refractivity contribution in [1.29, 1.82) is 0 Å². The Kier molecular flexibility index (Phi) is 6.82. The summed E-state index contributed by atoms with van der Waals surface area (Å²) in [6.07, 6.45) is -1.07. The average molecular weight is 480 g/mol. The van der Waals surface area contributed by atoms with E-state index >= 15 is 0 Å². The van der Waals surface area contributed by atoms with Crippen molar-refractivity contribution in [1.82, 2.24) is 5.32 Å². The first-order chi connectivity index (χ1) is 15.8. The highest BCUT2D eigenvalue weighted by atomic mass is 35.5. The number of hydrogen-bond acceptors (Lipinski definition) is 3. The van der Waals surface area contributed by atoms with Gasteiger partial charge in [-0.3, -0.25) is 9.59 Å². The fourth-order valence-corrected chi connectivity index (χ4v) is 4.36. The van der Waals surface area contributed by atoms with Gasteiger partial charge in [0, 0.05) is 27.2 Å². The summed E-state index contributed by atoms with van der Waals surface area (Å²) in [5.41, 5.74) is 3.73. The number of hydrogen-bond donors (Lipinski definition) is 1. The summed E-state index contributed by atoms with van der Waals surface area (Å²) >= 11 is 12.2. The van der Waals surface area contributed by atoms with Crippen LogP contribution in [0.5, 0.6) is 0 Å². The Morgan fingerprint density at radius 2 is 1.73 bits per heavy atom. The molecule has 0 aliphatic carbocycles. The largest absolute Gasteiger partial charge is 0.326 e. The first kappa shape index (κ1) is 23.0. The Labute approximate surface area is 203 Å². The van der Waals surface area contributed by atoms with Crippen LogP contribution < -0.4 is 10.2 Å². The highest BCUT2D eigenvalue weighted by molar-refractivity contribution is 6.35. The van der Waals surface area contributed by atoms with Gasteiger partial charge in [0.15, 0.2) is 0 Å². The lowest BCUT2D eigenvalue weighted by Gasteiger charge is -2.29. The molecule has 1 heterocycles. The van der Waals surface area contributed by atoms with Gasteiger partial charge in [0.2, 0.25) is 12.1 Å². The molecule has 33 heavy (non-hydrogen) atoms. The molecule has 1 aliphatic heterocycles. The molecule has 0 spiro atoms. The smallest absolute Gasteiger partial charge is 0.272 e. The van der Waals surface area contributed by atoms with Gasteiger partial charge in [-0.25, -0.2) is 4.99 Å². The zero-order valence-corrected chi connectivity index (χ0v) is 19.8. The van der Waals surface area contributed by atoms with Crippen LogP contribution in [0.15, 0.2) is 77.8 Å². The van der Waals surface area contributed by atoms with Crippen molar-refractivity contribution in [3.05, 3.63) is 99.5 Å². The molecule has 0 radical (unpaired) electrons. The number of para-hydroxylation sites is 1. The molecule has 7 heteroatoms. The molecule has 5 nitrogen and oxygen atoms in total. The molecule has 3 aromatic carbocycles. The number of nitrogens with one attached hydrogen (secondary N) is 1. The predicted molar refractivity (Wildman–Crippen MR) is 133 cm³/mol. The second-order valence-corrected chi connectivity index (χ2v) is 8.89. The molecule has 0 saturated heterocycles. The molecule has 3 aromatic rings. The van der Waals surface area contributed by atoms with Crippen molar-refractivity contribution in [2.75, 3.05) is 4.90 Å². The number of nitrogens with zero attached hydrogens (tertiary/aromatic N) is 2. The van der Waals surface area contributed by atoms with Gasteiger partial charge in [-0.05, 0) is 37.6 Å². The summed E-state index contributed by atoms with van der Waals surface area (Å²) in [6, 6.07) is 22.1. The van der Waals surface area contributed by atoms with Gasteiger partial charge in [-0.2, -0.15) is 0 Å². The number of benzene rings is 3. The van der Waals surface area contributed by atoms with E-state index in [9.17, 15) is 9.59 Å². The van der Waals surface area contributed by atoms with E-state index in [0.717, 1.165) is 16.8 Å². The Morgan fingerprint density at radius 3 is 2.42 bits per heavy atom. The van der Waals surface area contributed by atoms with Gasteiger partial charge in [-0.15, -0.1) is 0 Å². The Hall–Kier alpha value is -3.15. The van der Waals surface area contributed by atoms with Crippen LogP contribution in [0, 0.1) is 0 Å². The van der Waals surface area contributed by atoms with E-state index in [2.05, 4.69) is 5.32 Å². The van der Waals surface area contributed by atoms with Crippen LogP contribution in [0.3, 0.4) is 0 Å². The first-order valence-electron chi connectivity index (χ1n) is 10.6. The van der Waals surface area contributed by atoms with Crippen molar-refractivity contribution in [2.45, 2.75) is 32.5 Å². The highest BCUT2D eigenvalue weighted by Gasteiger charge is 2.34. The molecule has 168 valence electrons. The van der Waals surface area contributed by atoms with Gasteiger partial charge in [0.25, 0.3) is 5.91 Å². The predicted octanol–water partition coefficient (Wildman–Crippen LogP) is 5.27. The van der Waals surface area contributed by atoms with E-state index < -0.39 is 6.17 Å². The quantitative estimate of drug-likeness (QED) is 0.541. The van der Waals surface area contributed by atoms with E-state index in [1.54, 1.807) is 23.1 Å². The summed E-state index contributed by atoms with van der Waals surface area (Å²) < 4.78 is 0. The van der Waals surface area contributed by atoms with Crippen LogP contribution in [-0.4, -0.2) is 29.7 Å². The number of rotatable bonds is 5. The molecule has 0 fully saturated rings. The number of benzodiazepines with no additional fused rings is 1. The van der Waals surface area contributed by atoms with Crippen molar-refractivity contribution < 1.29 is 9.59 Å². The van der Waals surface area contributed by atoms with Crippen molar-refractivity contribution >= 4 is 46.4 Å². The third-order valence-electron chi connectivity index (χ3n) is 5.38. The minimum atomic E-state index is -1.08. The van der Waals surface area contributed by atoms with Crippen LogP contribution in [-0.2, 0) is 16.0 Å². The maximum atomic E-state index is 13.6. The number of carbonyl (C=O) groups excluding carboxylic acids is 2. The van der Waals surface area contributed by atoms with E-state index in [1.807, 2.05) is 68.4 Å². The summed E-state index contributed by atoms with van der Waals surface area (Å²) in [4.78, 5) is 33.0. The maximum absolute atomic E-state index is 13.6. The SMILES string of the molecule is CC(C)N1C(=O)C(NC(=O)Cc2ccc(Cl)cc2Cl)N=C(c2ccccc2)c2ccccc21. The summed E-state index contributed by atoms with van der Waals surface area (Å²) in [5, 5.41) is 3.70. The standard InChI is InChI=1S/C26H23Cl2N3O2/c1-16(2)31-22-11-7-6-10-20(22)24(17-8-4-3-5-9-17)30-25(26(31)33)29-23(32)14-18-12-13-19(27)15-21(18)28/h3-13,15-16,25H,14H2,1-2H3,(H,29,32). The minimum Gasteiger partial charge on any atom is -0.326 e. The highest BCUT2D eigenvalue weighted by Crippen LogP contribution is 2.30. The topological polar surface area (TPSA) is 61.8 Å². The molecule has 0 aromatic heterocycles. The van der Waals surface area contributed by atoms with E-state index in [4.69, 9.17) is 28.2 Å². The number of amides is 2. The van der Waals surface area contributed by atoms with E-state index in [-0.39, 0.29) is 24.3 Å². The lowest BCUT2D eigenvalue weighted by atomic mass is 10.00. The summed E-state index contributed by atoms with van der Waals surface area (Å²) in [6.45, 7) is 3.88. The van der Waals surface area contributed by atoms with Gasteiger partial charge in [0.1, 0.15) is 0 Å². The number of anilines is 1. The second-order valence-electron chi connectivity index (χ2n) is 8.05. The third-order valence-corrected chi connectivity index (χ3v) is 5.96. The van der Waals surface area contributed by atoms with Crippen molar-refractivity contribution in [2.24, 2.45) is 4.99 Å². The van der Waals surface area contributed by atoms with E-state index in [1.165, 1.54) is 0 Å². The zero-order valence-electron chi connectivity index (χ0n) is 18.3. The second kappa shape index (κ2) is 9.77. The molecule has 0 bridgehead atoms. The molecular weight excluding hydrogens is 457 g/mol. The summed E-state index contributed by atoms with van der Waals surface area (Å²) in [5.74, 6) is -0.651. The van der Waals surface area contributed by atoms with E-state index in [0.29, 0.717) is 21.3 Å².